The Kier molecular flexibility index (Phi) is 4.00. The highest BCUT2D eigenvalue weighted by molar-refractivity contribution is 6.06. The molecule has 0 atom stereocenters. The van der Waals surface area contributed by atoms with E-state index in [1.54, 1.807) is 30.3 Å². The monoisotopic (exact) mass is 270 g/mol. The van der Waals surface area contributed by atoms with Crippen LogP contribution in [0.5, 0.6) is 0 Å². The summed E-state index contributed by atoms with van der Waals surface area (Å²) in [5.74, 6) is 5.67. The predicted octanol–water partition coefficient (Wildman–Crippen LogP) is 2.26. The zero-order valence-corrected chi connectivity index (χ0v) is 11.8. The van der Waals surface area contributed by atoms with Gasteiger partial charge in [0.1, 0.15) is 5.82 Å². The second kappa shape index (κ2) is 5.71. The summed E-state index contributed by atoms with van der Waals surface area (Å²) in [6.07, 6.45) is 1.55. The molecule has 0 aliphatic heterocycles. The van der Waals surface area contributed by atoms with Gasteiger partial charge in [0.25, 0.3) is 5.91 Å². The van der Waals surface area contributed by atoms with Crippen LogP contribution in [-0.4, -0.2) is 17.9 Å². The van der Waals surface area contributed by atoms with Gasteiger partial charge < -0.3 is 10.3 Å². The lowest BCUT2D eigenvalue weighted by molar-refractivity contribution is 0.0993. The molecular formula is C15H18N4O. The summed E-state index contributed by atoms with van der Waals surface area (Å²) >= 11 is 0. The molecule has 0 bridgehead atoms. The van der Waals surface area contributed by atoms with Crippen molar-refractivity contribution in [3.63, 3.8) is 0 Å². The number of benzene rings is 1. The standard InChI is InChI=1S/C15H18N4O/c1-10-4-5-13(11(2)8-10)19(3)15(20)12-6-7-17-14(9-12)18-16/h4-9H,16H2,1-3H3,(H,17,18). The minimum Gasteiger partial charge on any atom is -0.311 e. The first-order valence-corrected chi connectivity index (χ1v) is 6.31. The Morgan fingerprint density at radius 1 is 1.25 bits per heavy atom. The lowest BCUT2D eigenvalue weighted by Gasteiger charge is -2.20. The van der Waals surface area contributed by atoms with E-state index in [4.69, 9.17) is 5.84 Å². The minimum absolute atomic E-state index is 0.101. The van der Waals surface area contributed by atoms with Crippen LogP contribution in [0.3, 0.4) is 0 Å². The third kappa shape index (κ3) is 2.78. The largest absolute Gasteiger partial charge is 0.311 e. The van der Waals surface area contributed by atoms with Gasteiger partial charge in [-0.05, 0) is 37.6 Å². The van der Waals surface area contributed by atoms with E-state index < -0.39 is 0 Å². The SMILES string of the molecule is Cc1ccc(N(C)C(=O)c2ccnc(NN)c2)c(C)c1. The number of hydrazine groups is 1. The van der Waals surface area contributed by atoms with Gasteiger partial charge in [0.05, 0.1) is 0 Å². The van der Waals surface area contributed by atoms with E-state index in [0.29, 0.717) is 11.4 Å². The number of aromatic nitrogens is 1. The number of nitrogens with zero attached hydrogens (tertiary/aromatic N) is 2. The van der Waals surface area contributed by atoms with Crippen molar-refractivity contribution in [2.45, 2.75) is 13.8 Å². The first-order chi connectivity index (χ1) is 9.52. The average molecular weight is 270 g/mol. The lowest BCUT2D eigenvalue weighted by Crippen LogP contribution is -2.27. The van der Waals surface area contributed by atoms with Gasteiger partial charge in [-0.1, -0.05) is 17.7 Å². The van der Waals surface area contributed by atoms with E-state index in [-0.39, 0.29) is 5.91 Å². The van der Waals surface area contributed by atoms with Crippen molar-refractivity contribution in [2.75, 3.05) is 17.4 Å². The molecule has 0 spiro atoms. The van der Waals surface area contributed by atoms with Crippen LogP contribution in [0.4, 0.5) is 11.5 Å². The van der Waals surface area contributed by atoms with Gasteiger partial charge in [-0.2, -0.15) is 0 Å². The Balaban J connectivity index is 2.32. The number of nitrogen functional groups attached to an aromatic ring is 1. The fraction of sp³-hybridized carbons (Fsp3) is 0.200. The maximum Gasteiger partial charge on any atom is 0.258 e. The fourth-order valence-electron chi connectivity index (χ4n) is 2.13. The Hall–Kier alpha value is -2.40. The van der Waals surface area contributed by atoms with Crippen LogP contribution in [0, 0.1) is 13.8 Å². The number of nitrogens with one attached hydrogen (secondary N) is 1. The van der Waals surface area contributed by atoms with Crippen molar-refractivity contribution < 1.29 is 4.79 Å². The molecule has 0 aliphatic carbocycles. The first kappa shape index (κ1) is 14.0. The number of anilines is 2. The number of hydrogen-bond donors (Lipinski definition) is 2. The van der Waals surface area contributed by atoms with Gasteiger partial charge in [0.15, 0.2) is 0 Å². The number of carbonyl (C=O) groups is 1. The summed E-state index contributed by atoms with van der Waals surface area (Å²) in [5, 5.41) is 0. The first-order valence-electron chi connectivity index (χ1n) is 6.31. The van der Waals surface area contributed by atoms with Crippen LogP contribution in [-0.2, 0) is 0 Å². The second-order valence-electron chi connectivity index (χ2n) is 4.73. The summed E-state index contributed by atoms with van der Waals surface area (Å²) < 4.78 is 0. The Morgan fingerprint density at radius 2 is 2.00 bits per heavy atom. The highest BCUT2D eigenvalue weighted by Gasteiger charge is 2.15. The quantitative estimate of drug-likeness (QED) is 0.663. The Labute approximate surface area is 118 Å². The van der Waals surface area contributed by atoms with Crippen LogP contribution in [0.1, 0.15) is 21.5 Å². The van der Waals surface area contributed by atoms with E-state index in [1.807, 2.05) is 26.0 Å². The molecule has 0 fully saturated rings. The van der Waals surface area contributed by atoms with Gasteiger partial charge >= 0.3 is 0 Å². The van der Waals surface area contributed by atoms with E-state index in [9.17, 15) is 4.79 Å². The molecule has 5 heteroatoms. The zero-order chi connectivity index (χ0) is 14.7. The zero-order valence-electron chi connectivity index (χ0n) is 11.8. The molecular weight excluding hydrogens is 252 g/mol. The number of hydrogen-bond acceptors (Lipinski definition) is 4. The summed E-state index contributed by atoms with van der Waals surface area (Å²) in [5.41, 5.74) is 6.10. The number of amides is 1. The van der Waals surface area contributed by atoms with Crippen LogP contribution < -0.4 is 16.2 Å². The average Bonchev–Trinajstić information content (AvgIpc) is 2.46. The van der Waals surface area contributed by atoms with Crippen LogP contribution in [0.2, 0.25) is 0 Å². The number of aryl methyl sites for hydroxylation is 2. The van der Waals surface area contributed by atoms with Crippen molar-refractivity contribution in [3.8, 4) is 0 Å². The normalized spacial score (nSPS) is 10.2. The molecule has 2 aromatic rings. The third-order valence-electron chi connectivity index (χ3n) is 3.17. The molecule has 1 amide bonds. The molecule has 3 N–H and O–H groups in total. The third-order valence-corrected chi connectivity index (χ3v) is 3.17. The highest BCUT2D eigenvalue weighted by atomic mass is 16.2. The van der Waals surface area contributed by atoms with Crippen molar-refractivity contribution in [1.82, 2.24) is 4.98 Å². The van der Waals surface area contributed by atoms with Crippen LogP contribution in [0.25, 0.3) is 0 Å². The predicted molar refractivity (Wildman–Crippen MR) is 80.7 cm³/mol. The maximum atomic E-state index is 12.5. The molecule has 5 nitrogen and oxygen atoms in total. The van der Waals surface area contributed by atoms with Crippen molar-refractivity contribution in [1.29, 1.82) is 0 Å². The van der Waals surface area contributed by atoms with E-state index >= 15 is 0 Å². The minimum atomic E-state index is -0.101. The van der Waals surface area contributed by atoms with Crippen LogP contribution in [0.15, 0.2) is 36.5 Å². The highest BCUT2D eigenvalue weighted by Crippen LogP contribution is 2.22. The van der Waals surface area contributed by atoms with Gasteiger partial charge in [-0.25, -0.2) is 10.8 Å². The molecule has 20 heavy (non-hydrogen) atoms. The van der Waals surface area contributed by atoms with Crippen molar-refractivity contribution >= 4 is 17.4 Å². The molecule has 1 aromatic carbocycles. The van der Waals surface area contributed by atoms with Gasteiger partial charge in [-0.15, -0.1) is 0 Å². The van der Waals surface area contributed by atoms with Gasteiger partial charge in [0, 0.05) is 24.5 Å². The summed E-state index contributed by atoms with van der Waals surface area (Å²) in [6.45, 7) is 4.02. The second-order valence-corrected chi connectivity index (χ2v) is 4.73. The topological polar surface area (TPSA) is 71.2 Å². The van der Waals surface area contributed by atoms with Crippen molar-refractivity contribution in [2.24, 2.45) is 5.84 Å². The molecule has 0 saturated heterocycles. The van der Waals surface area contributed by atoms with Crippen molar-refractivity contribution in [3.05, 3.63) is 53.2 Å². The Morgan fingerprint density at radius 3 is 2.65 bits per heavy atom. The Bertz CT molecular complexity index is 640. The summed E-state index contributed by atoms with van der Waals surface area (Å²) in [4.78, 5) is 18.1. The number of nitrogens with two attached hydrogens (primary N) is 1. The molecule has 104 valence electrons. The molecule has 0 unspecified atom stereocenters. The molecule has 0 aliphatic rings. The molecule has 0 radical (unpaired) electrons. The van der Waals surface area contributed by atoms with Crippen LogP contribution >= 0.6 is 0 Å². The molecule has 1 heterocycles. The summed E-state index contributed by atoms with van der Waals surface area (Å²) in [7, 11) is 1.76. The fourth-order valence-corrected chi connectivity index (χ4v) is 2.13. The van der Waals surface area contributed by atoms with Gasteiger partial charge in [0.2, 0.25) is 0 Å². The maximum absolute atomic E-state index is 12.5. The number of pyridine rings is 1. The molecule has 1 aromatic heterocycles. The van der Waals surface area contributed by atoms with E-state index in [1.165, 1.54) is 5.56 Å². The molecule has 2 rings (SSSR count). The van der Waals surface area contributed by atoms with E-state index in [0.717, 1.165) is 11.3 Å². The van der Waals surface area contributed by atoms with E-state index in [2.05, 4.69) is 16.5 Å². The lowest BCUT2D eigenvalue weighted by atomic mass is 10.1. The van der Waals surface area contributed by atoms with Gasteiger partial charge in [-0.3, -0.25) is 4.79 Å². The number of carbonyl (C=O) groups excluding carboxylic acids is 1. The summed E-state index contributed by atoms with van der Waals surface area (Å²) in [6, 6.07) is 9.29. The smallest absolute Gasteiger partial charge is 0.258 e. The molecule has 0 saturated carbocycles. The number of rotatable bonds is 3.